The number of pyridine rings is 1. The Bertz CT molecular complexity index is 970. The number of aromatic nitrogens is 3. The van der Waals surface area contributed by atoms with Gasteiger partial charge < -0.3 is 5.32 Å². The Morgan fingerprint density at radius 2 is 1.86 bits per heavy atom. The lowest BCUT2D eigenvalue weighted by Crippen LogP contribution is -2.24. The number of hydrogen-bond donors (Lipinski definition) is 1. The number of halogens is 2. The first-order chi connectivity index (χ1) is 13.5. The molecule has 0 unspecified atom stereocenters. The monoisotopic (exact) mass is 416 g/mol. The van der Waals surface area contributed by atoms with Crippen LogP contribution in [0.15, 0.2) is 42.7 Å². The van der Waals surface area contributed by atoms with E-state index >= 15 is 0 Å². The zero-order chi connectivity index (χ0) is 20.1. The summed E-state index contributed by atoms with van der Waals surface area (Å²) in [6, 6.07) is 9.13. The minimum atomic E-state index is -0.122. The summed E-state index contributed by atoms with van der Waals surface area (Å²) < 4.78 is 1.80. The van der Waals surface area contributed by atoms with E-state index in [0.717, 1.165) is 35.5 Å². The number of carbonyl (C=O) groups is 1. The van der Waals surface area contributed by atoms with Gasteiger partial charge in [-0.05, 0) is 48.7 Å². The maximum Gasteiger partial charge on any atom is 0.255 e. The van der Waals surface area contributed by atoms with Crippen LogP contribution in [0.5, 0.6) is 0 Å². The minimum Gasteiger partial charge on any atom is -0.348 e. The van der Waals surface area contributed by atoms with Crippen LogP contribution in [0.4, 0.5) is 0 Å². The van der Waals surface area contributed by atoms with Gasteiger partial charge in [-0.25, -0.2) is 4.68 Å². The van der Waals surface area contributed by atoms with Crippen LogP contribution >= 0.6 is 23.2 Å². The molecule has 1 aromatic carbocycles. The summed E-state index contributed by atoms with van der Waals surface area (Å²) in [5, 5.41) is 8.68. The third-order valence-electron chi connectivity index (χ3n) is 4.45. The number of benzene rings is 1. The molecule has 0 atom stereocenters. The second-order valence-corrected chi connectivity index (χ2v) is 7.23. The van der Waals surface area contributed by atoms with Crippen LogP contribution in [-0.4, -0.2) is 20.7 Å². The fraction of sp³-hybridized carbons (Fsp3) is 0.286. The highest BCUT2D eigenvalue weighted by Gasteiger charge is 2.23. The van der Waals surface area contributed by atoms with Gasteiger partial charge in [0.05, 0.1) is 32.7 Å². The Kier molecular flexibility index (Phi) is 6.70. The average molecular weight is 417 g/mol. The van der Waals surface area contributed by atoms with Gasteiger partial charge in [0.2, 0.25) is 0 Å². The summed E-state index contributed by atoms with van der Waals surface area (Å²) in [5.74, 6) is -0.122. The van der Waals surface area contributed by atoms with Gasteiger partial charge in [-0.2, -0.15) is 5.10 Å². The first-order valence-corrected chi connectivity index (χ1v) is 10.0. The summed E-state index contributed by atoms with van der Waals surface area (Å²) in [6.45, 7) is 4.52. The lowest BCUT2D eigenvalue weighted by molar-refractivity contribution is 0.0949. The molecule has 0 bridgehead atoms. The molecular formula is C21H22Cl2N4O. The molecule has 0 aliphatic rings. The van der Waals surface area contributed by atoms with Gasteiger partial charge in [0.15, 0.2) is 0 Å². The SMILES string of the molecule is CCCc1nn(-c2ccc(Cl)c(Cl)c2)c(CC)c1C(=O)NCc1ccncc1. The molecule has 0 aliphatic carbocycles. The van der Waals surface area contributed by atoms with Crippen molar-refractivity contribution in [3.63, 3.8) is 0 Å². The third kappa shape index (κ3) is 4.37. The predicted octanol–water partition coefficient (Wildman–Crippen LogP) is 5.02. The smallest absolute Gasteiger partial charge is 0.255 e. The quantitative estimate of drug-likeness (QED) is 0.587. The maximum absolute atomic E-state index is 13.0. The molecule has 0 spiro atoms. The number of nitrogens with one attached hydrogen (secondary N) is 1. The van der Waals surface area contributed by atoms with Gasteiger partial charge in [0.25, 0.3) is 5.91 Å². The average Bonchev–Trinajstić information content (AvgIpc) is 3.07. The minimum absolute atomic E-state index is 0.122. The molecule has 5 nitrogen and oxygen atoms in total. The van der Waals surface area contributed by atoms with Gasteiger partial charge >= 0.3 is 0 Å². The lowest BCUT2D eigenvalue weighted by atomic mass is 10.1. The molecule has 3 aromatic rings. The molecule has 0 saturated heterocycles. The molecule has 3 rings (SSSR count). The molecule has 28 heavy (non-hydrogen) atoms. The van der Waals surface area contributed by atoms with Crippen LogP contribution in [0.25, 0.3) is 5.69 Å². The van der Waals surface area contributed by atoms with E-state index < -0.39 is 0 Å². The van der Waals surface area contributed by atoms with Crippen LogP contribution < -0.4 is 5.32 Å². The van der Waals surface area contributed by atoms with Crippen molar-refractivity contribution in [1.82, 2.24) is 20.1 Å². The summed E-state index contributed by atoms with van der Waals surface area (Å²) in [4.78, 5) is 17.0. The largest absolute Gasteiger partial charge is 0.348 e. The molecule has 0 aliphatic heterocycles. The van der Waals surface area contributed by atoms with Crippen molar-refractivity contribution in [1.29, 1.82) is 0 Å². The van der Waals surface area contributed by atoms with Gasteiger partial charge in [-0.1, -0.05) is 43.5 Å². The Hall–Kier alpha value is -2.37. The Morgan fingerprint density at radius 1 is 1.11 bits per heavy atom. The van der Waals surface area contributed by atoms with E-state index in [0.29, 0.717) is 28.6 Å². The van der Waals surface area contributed by atoms with E-state index in [9.17, 15) is 4.79 Å². The number of amides is 1. The van der Waals surface area contributed by atoms with Gasteiger partial charge in [-0.15, -0.1) is 0 Å². The van der Waals surface area contributed by atoms with Crippen molar-refractivity contribution in [2.75, 3.05) is 0 Å². The number of nitrogens with zero attached hydrogens (tertiary/aromatic N) is 3. The lowest BCUT2D eigenvalue weighted by Gasteiger charge is -2.10. The zero-order valence-corrected chi connectivity index (χ0v) is 17.4. The molecule has 0 fully saturated rings. The van der Waals surface area contributed by atoms with E-state index in [4.69, 9.17) is 28.3 Å². The van der Waals surface area contributed by atoms with Crippen LogP contribution in [0.2, 0.25) is 10.0 Å². The predicted molar refractivity (Wildman–Crippen MR) is 112 cm³/mol. The molecule has 7 heteroatoms. The molecule has 1 N–H and O–H groups in total. The van der Waals surface area contributed by atoms with Crippen molar-refractivity contribution in [3.8, 4) is 5.69 Å². The Balaban J connectivity index is 1.97. The molecule has 0 saturated carbocycles. The molecule has 1 amide bonds. The summed E-state index contributed by atoms with van der Waals surface area (Å²) in [5.41, 5.74) is 4.07. The second kappa shape index (κ2) is 9.22. The number of rotatable bonds is 7. The second-order valence-electron chi connectivity index (χ2n) is 6.42. The summed E-state index contributed by atoms with van der Waals surface area (Å²) >= 11 is 12.2. The van der Waals surface area contributed by atoms with E-state index in [1.807, 2.05) is 25.1 Å². The van der Waals surface area contributed by atoms with Crippen molar-refractivity contribution in [3.05, 3.63) is 75.3 Å². The van der Waals surface area contributed by atoms with Gasteiger partial charge in [-0.3, -0.25) is 9.78 Å². The van der Waals surface area contributed by atoms with Gasteiger partial charge in [0.1, 0.15) is 0 Å². The normalized spacial score (nSPS) is 10.9. The third-order valence-corrected chi connectivity index (χ3v) is 5.19. The first-order valence-electron chi connectivity index (χ1n) is 9.28. The van der Waals surface area contributed by atoms with Crippen LogP contribution in [0.1, 0.15) is 47.6 Å². The molecule has 2 heterocycles. The first kappa shape index (κ1) is 20.4. The van der Waals surface area contributed by atoms with E-state index in [1.165, 1.54) is 0 Å². The fourth-order valence-corrected chi connectivity index (χ4v) is 3.40. The van der Waals surface area contributed by atoms with Crippen LogP contribution in [0.3, 0.4) is 0 Å². The van der Waals surface area contributed by atoms with E-state index in [2.05, 4.69) is 17.2 Å². The number of carbonyl (C=O) groups excluding carboxylic acids is 1. The maximum atomic E-state index is 13.0. The van der Waals surface area contributed by atoms with Crippen molar-refractivity contribution >= 4 is 29.1 Å². The molecule has 2 aromatic heterocycles. The standard InChI is InChI=1S/C21H22Cl2N4O/c1-3-5-18-20(21(28)25-13-14-8-10-24-11-9-14)19(4-2)27(26-18)15-6-7-16(22)17(23)12-15/h6-12H,3-5,13H2,1-2H3,(H,25,28). The zero-order valence-electron chi connectivity index (χ0n) is 15.9. The molecule has 146 valence electrons. The Morgan fingerprint density at radius 3 is 2.50 bits per heavy atom. The van der Waals surface area contributed by atoms with Crippen LogP contribution in [-0.2, 0) is 19.4 Å². The van der Waals surface area contributed by atoms with Crippen molar-refractivity contribution in [2.45, 2.75) is 39.7 Å². The highest BCUT2D eigenvalue weighted by Crippen LogP contribution is 2.27. The number of hydrogen-bond acceptors (Lipinski definition) is 3. The topological polar surface area (TPSA) is 59.8 Å². The van der Waals surface area contributed by atoms with E-state index in [1.54, 1.807) is 29.2 Å². The summed E-state index contributed by atoms with van der Waals surface area (Å²) in [7, 11) is 0. The molecule has 0 radical (unpaired) electrons. The van der Waals surface area contributed by atoms with E-state index in [-0.39, 0.29) is 5.91 Å². The Labute approximate surface area is 174 Å². The highest BCUT2D eigenvalue weighted by molar-refractivity contribution is 6.42. The van der Waals surface area contributed by atoms with Gasteiger partial charge in [0, 0.05) is 18.9 Å². The number of aryl methyl sites for hydroxylation is 1. The van der Waals surface area contributed by atoms with Crippen LogP contribution in [0, 0.1) is 0 Å². The molecular weight excluding hydrogens is 395 g/mol. The fourth-order valence-electron chi connectivity index (χ4n) is 3.11. The summed E-state index contributed by atoms with van der Waals surface area (Å²) in [6.07, 6.45) is 5.70. The highest BCUT2D eigenvalue weighted by atomic mass is 35.5. The van der Waals surface area contributed by atoms with Crippen molar-refractivity contribution in [2.24, 2.45) is 0 Å². The van der Waals surface area contributed by atoms with Crippen molar-refractivity contribution < 1.29 is 4.79 Å².